The topological polar surface area (TPSA) is 70.1 Å². The van der Waals surface area contributed by atoms with Gasteiger partial charge in [0.1, 0.15) is 0 Å². The maximum Gasteiger partial charge on any atom is 0.267 e. The van der Waals surface area contributed by atoms with E-state index in [4.69, 9.17) is 10.5 Å². The van der Waals surface area contributed by atoms with Gasteiger partial charge in [-0.25, -0.2) is 4.68 Å². The molecule has 0 aliphatic carbocycles. The lowest BCUT2D eigenvalue weighted by atomic mass is 10.2. The van der Waals surface area contributed by atoms with Crippen LogP contribution in [0.4, 0.5) is 5.69 Å². The lowest BCUT2D eigenvalue weighted by Gasteiger charge is -2.07. The van der Waals surface area contributed by atoms with Crippen molar-refractivity contribution >= 4 is 21.6 Å². The van der Waals surface area contributed by atoms with E-state index in [1.807, 2.05) is 6.07 Å². The second-order valence-corrected chi connectivity index (χ2v) is 4.68. The number of nitrogens with zero attached hydrogens (tertiary/aromatic N) is 2. The van der Waals surface area contributed by atoms with Crippen molar-refractivity contribution in [2.75, 3.05) is 12.8 Å². The highest BCUT2D eigenvalue weighted by atomic mass is 79.9. The summed E-state index contributed by atoms with van der Waals surface area (Å²) < 4.78 is 7.19. The van der Waals surface area contributed by atoms with Crippen molar-refractivity contribution in [3.05, 3.63) is 50.7 Å². The van der Waals surface area contributed by atoms with Crippen molar-refractivity contribution in [3.8, 4) is 5.88 Å². The van der Waals surface area contributed by atoms with Gasteiger partial charge in [0.25, 0.3) is 5.56 Å². The monoisotopic (exact) mass is 309 g/mol. The summed E-state index contributed by atoms with van der Waals surface area (Å²) in [6, 6.07) is 8.45. The zero-order chi connectivity index (χ0) is 13.1. The first-order valence-electron chi connectivity index (χ1n) is 5.25. The van der Waals surface area contributed by atoms with Crippen LogP contribution in [0.5, 0.6) is 5.88 Å². The van der Waals surface area contributed by atoms with Crippen LogP contribution < -0.4 is 16.0 Å². The zero-order valence-electron chi connectivity index (χ0n) is 9.76. The lowest BCUT2D eigenvalue weighted by molar-refractivity contribution is 0.379. The first kappa shape index (κ1) is 12.6. The largest absolute Gasteiger partial charge is 0.480 e. The molecule has 94 valence electrons. The maximum atomic E-state index is 11.7. The Morgan fingerprint density at radius 3 is 2.83 bits per heavy atom. The molecular weight excluding hydrogens is 298 g/mol. The molecule has 0 saturated heterocycles. The minimum atomic E-state index is -0.186. The number of nitrogen functional groups attached to an aromatic ring is 1. The van der Waals surface area contributed by atoms with E-state index in [2.05, 4.69) is 21.0 Å². The number of rotatable bonds is 3. The third-order valence-electron chi connectivity index (χ3n) is 2.36. The number of methoxy groups -OCH3 is 1. The highest BCUT2D eigenvalue weighted by Crippen LogP contribution is 2.17. The average molecular weight is 310 g/mol. The molecule has 18 heavy (non-hydrogen) atoms. The van der Waals surface area contributed by atoms with Gasteiger partial charge in [0.15, 0.2) is 0 Å². The molecule has 0 amide bonds. The molecule has 2 N–H and O–H groups in total. The Morgan fingerprint density at radius 1 is 1.39 bits per heavy atom. The van der Waals surface area contributed by atoms with Crippen molar-refractivity contribution in [1.29, 1.82) is 0 Å². The van der Waals surface area contributed by atoms with Gasteiger partial charge in [-0.3, -0.25) is 4.79 Å². The number of nitrogens with two attached hydrogens (primary N) is 1. The summed E-state index contributed by atoms with van der Waals surface area (Å²) in [5, 5.41) is 4.07. The van der Waals surface area contributed by atoms with Crippen LogP contribution in [0, 0.1) is 0 Å². The van der Waals surface area contributed by atoms with Gasteiger partial charge in [-0.15, -0.1) is 5.10 Å². The molecule has 1 heterocycles. The van der Waals surface area contributed by atoms with Crippen molar-refractivity contribution in [3.63, 3.8) is 0 Å². The first-order valence-corrected chi connectivity index (χ1v) is 6.05. The summed E-state index contributed by atoms with van der Waals surface area (Å²) in [4.78, 5) is 11.7. The highest BCUT2D eigenvalue weighted by Gasteiger charge is 2.03. The average Bonchev–Trinajstić information content (AvgIpc) is 2.30. The summed E-state index contributed by atoms with van der Waals surface area (Å²) in [5.41, 5.74) is 7.09. The van der Waals surface area contributed by atoms with Crippen LogP contribution in [0.3, 0.4) is 0 Å². The van der Waals surface area contributed by atoms with Gasteiger partial charge in [0, 0.05) is 22.3 Å². The van der Waals surface area contributed by atoms with Crippen LogP contribution in [-0.2, 0) is 6.54 Å². The number of anilines is 1. The second kappa shape index (κ2) is 5.22. The van der Waals surface area contributed by atoms with E-state index in [-0.39, 0.29) is 5.56 Å². The van der Waals surface area contributed by atoms with Crippen molar-refractivity contribution < 1.29 is 4.74 Å². The Labute approximate surface area is 112 Å². The third kappa shape index (κ3) is 2.89. The van der Waals surface area contributed by atoms with Crippen molar-refractivity contribution in [2.45, 2.75) is 6.54 Å². The molecule has 0 spiro atoms. The third-order valence-corrected chi connectivity index (χ3v) is 2.82. The Bertz CT molecular complexity index is 605. The molecule has 0 unspecified atom stereocenters. The van der Waals surface area contributed by atoms with Crippen molar-refractivity contribution in [2.24, 2.45) is 0 Å². The van der Waals surface area contributed by atoms with Gasteiger partial charge in [-0.1, -0.05) is 15.9 Å². The molecule has 0 aliphatic heterocycles. The Kier molecular flexibility index (Phi) is 3.66. The molecule has 1 aromatic carbocycles. The number of hydrogen-bond acceptors (Lipinski definition) is 4. The van der Waals surface area contributed by atoms with E-state index >= 15 is 0 Å². The van der Waals surface area contributed by atoms with E-state index in [9.17, 15) is 4.79 Å². The predicted octanol–water partition coefficient (Wildman–Crippen LogP) is 1.64. The van der Waals surface area contributed by atoms with E-state index in [1.165, 1.54) is 23.9 Å². The second-order valence-electron chi connectivity index (χ2n) is 3.76. The summed E-state index contributed by atoms with van der Waals surface area (Å²) in [6.07, 6.45) is 0. The van der Waals surface area contributed by atoms with Crippen LogP contribution in [0.2, 0.25) is 0 Å². The Morgan fingerprint density at radius 2 is 2.17 bits per heavy atom. The van der Waals surface area contributed by atoms with E-state index in [1.54, 1.807) is 12.1 Å². The number of ether oxygens (including phenoxy) is 1. The van der Waals surface area contributed by atoms with Crippen molar-refractivity contribution in [1.82, 2.24) is 9.78 Å². The van der Waals surface area contributed by atoms with E-state index in [0.29, 0.717) is 18.1 Å². The van der Waals surface area contributed by atoms with Crippen LogP contribution in [0.25, 0.3) is 0 Å². The van der Waals surface area contributed by atoms with E-state index in [0.717, 1.165) is 10.0 Å². The SMILES string of the molecule is COc1ccc(=O)n(Cc2cc(N)cc(Br)c2)n1. The molecule has 0 saturated carbocycles. The van der Waals surface area contributed by atoms with Gasteiger partial charge in [0.2, 0.25) is 5.88 Å². The molecule has 0 bridgehead atoms. The van der Waals surface area contributed by atoms with Crippen LogP contribution in [0.1, 0.15) is 5.56 Å². The van der Waals surface area contributed by atoms with Gasteiger partial charge < -0.3 is 10.5 Å². The molecule has 0 aliphatic rings. The minimum Gasteiger partial charge on any atom is -0.480 e. The van der Waals surface area contributed by atoms with Crippen LogP contribution in [0.15, 0.2) is 39.6 Å². The quantitative estimate of drug-likeness (QED) is 0.875. The predicted molar refractivity (Wildman–Crippen MR) is 72.7 cm³/mol. The minimum absolute atomic E-state index is 0.186. The standard InChI is InChI=1S/C12H12BrN3O2/c1-18-11-2-3-12(17)16(15-11)7-8-4-9(13)6-10(14)5-8/h2-6H,7,14H2,1H3. The van der Waals surface area contributed by atoms with E-state index < -0.39 is 0 Å². The summed E-state index contributed by atoms with van der Waals surface area (Å²) in [5.74, 6) is 0.401. The summed E-state index contributed by atoms with van der Waals surface area (Å²) >= 11 is 3.36. The molecule has 0 atom stereocenters. The van der Waals surface area contributed by atoms with Gasteiger partial charge in [-0.05, 0) is 23.8 Å². The van der Waals surface area contributed by atoms with Crippen LogP contribution in [-0.4, -0.2) is 16.9 Å². The lowest BCUT2D eigenvalue weighted by Crippen LogP contribution is -2.22. The summed E-state index contributed by atoms with van der Waals surface area (Å²) in [6.45, 7) is 0.347. The summed E-state index contributed by atoms with van der Waals surface area (Å²) in [7, 11) is 1.51. The van der Waals surface area contributed by atoms with Gasteiger partial charge in [0.05, 0.1) is 13.7 Å². The fourth-order valence-corrected chi connectivity index (χ4v) is 2.15. The fraction of sp³-hybridized carbons (Fsp3) is 0.167. The normalized spacial score (nSPS) is 10.3. The number of hydrogen-bond donors (Lipinski definition) is 1. The van der Waals surface area contributed by atoms with Crippen LogP contribution >= 0.6 is 15.9 Å². The number of halogens is 1. The Balaban J connectivity index is 2.36. The molecule has 0 radical (unpaired) electrons. The number of aromatic nitrogens is 2. The van der Waals surface area contributed by atoms with Gasteiger partial charge >= 0.3 is 0 Å². The smallest absolute Gasteiger partial charge is 0.267 e. The fourth-order valence-electron chi connectivity index (χ4n) is 1.59. The number of benzene rings is 1. The molecule has 1 aromatic heterocycles. The molecule has 6 heteroatoms. The first-order chi connectivity index (χ1) is 8.58. The Hall–Kier alpha value is -1.82. The molecule has 0 fully saturated rings. The molecule has 2 aromatic rings. The van der Waals surface area contributed by atoms with Gasteiger partial charge in [-0.2, -0.15) is 0 Å². The maximum absolute atomic E-state index is 11.7. The zero-order valence-corrected chi connectivity index (χ0v) is 11.3. The molecular formula is C12H12BrN3O2. The molecule has 5 nitrogen and oxygen atoms in total. The molecule has 2 rings (SSSR count). The highest BCUT2D eigenvalue weighted by molar-refractivity contribution is 9.10.